The monoisotopic (exact) mass is 755 g/mol. The van der Waals surface area contributed by atoms with E-state index >= 15 is 0 Å². The molecule has 2 amide bonds. The maximum Gasteiger partial charge on any atom is 0.344 e. The zero-order valence-electron chi connectivity index (χ0n) is 30.9. The number of amides is 2. The highest BCUT2D eigenvalue weighted by Crippen LogP contribution is 2.44. The van der Waals surface area contributed by atoms with Crippen LogP contribution in [0.2, 0.25) is 5.02 Å². The number of halogens is 1. The molecule has 0 radical (unpaired) electrons. The summed E-state index contributed by atoms with van der Waals surface area (Å²) in [5.74, 6) is -0.587. The van der Waals surface area contributed by atoms with Gasteiger partial charge in [0.1, 0.15) is 11.3 Å². The van der Waals surface area contributed by atoms with Gasteiger partial charge in [-0.15, -0.1) is 0 Å². The van der Waals surface area contributed by atoms with E-state index in [0.29, 0.717) is 58.8 Å². The highest BCUT2D eigenvalue weighted by atomic mass is 35.5. The van der Waals surface area contributed by atoms with Crippen LogP contribution in [0, 0.1) is 0 Å². The first-order chi connectivity index (χ1) is 26.1. The maximum atomic E-state index is 13.8. The zero-order chi connectivity index (χ0) is 38.2. The van der Waals surface area contributed by atoms with Crippen molar-refractivity contribution < 1.29 is 33.4 Å². The predicted molar refractivity (Wildman–Crippen MR) is 206 cm³/mol. The van der Waals surface area contributed by atoms with Gasteiger partial charge in [-0.25, -0.2) is 19.6 Å². The highest BCUT2D eigenvalue weighted by Gasteiger charge is 2.45. The van der Waals surface area contributed by atoms with Gasteiger partial charge in [-0.05, 0) is 87.3 Å². The van der Waals surface area contributed by atoms with Crippen LogP contribution >= 0.6 is 11.6 Å². The second-order valence-electron chi connectivity index (χ2n) is 13.8. The molecule has 6 rings (SSSR count). The largest absolute Gasteiger partial charge is 0.493 e. The van der Waals surface area contributed by atoms with Crippen LogP contribution in [0.4, 0.5) is 5.69 Å². The van der Waals surface area contributed by atoms with E-state index in [1.165, 1.54) is 17.7 Å². The fraction of sp³-hybridized carbons (Fsp3) is 0.415. The lowest BCUT2D eigenvalue weighted by molar-refractivity contribution is -0.156. The lowest BCUT2D eigenvalue weighted by Crippen LogP contribution is -2.61. The van der Waals surface area contributed by atoms with E-state index in [2.05, 4.69) is 25.2 Å². The Morgan fingerprint density at radius 3 is 2.44 bits per heavy atom. The smallest absolute Gasteiger partial charge is 0.344 e. The van der Waals surface area contributed by atoms with Crippen LogP contribution in [-0.4, -0.2) is 63.6 Å². The number of nitrogens with zero attached hydrogens (tertiary/aromatic N) is 3. The summed E-state index contributed by atoms with van der Waals surface area (Å²) in [5, 5.41) is 7.54. The summed E-state index contributed by atoms with van der Waals surface area (Å²) in [5.41, 5.74) is 3.42. The lowest BCUT2D eigenvalue weighted by atomic mass is 9.75. The Hall–Kier alpha value is -5.23. The fourth-order valence-electron chi connectivity index (χ4n) is 7.16. The molecule has 2 aliphatic rings. The van der Waals surface area contributed by atoms with Crippen LogP contribution in [0.5, 0.6) is 5.75 Å². The Labute approximate surface area is 319 Å². The predicted octanol–water partition coefficient (Wildman–Crippen LogP) is 7.54. The molecule has 0 unspecified atom stereocenters. The number of esters is 2. The molecule has 2 fully saturated rings. The number of fused-ring (bicyclic) bond motifs is 1. The van der Waals surface area contributed by atoms with Crippen LogP contribution in [0.15, 0.2) is 54.9 Å². The number of hydrogen-bond donors (Lipinski definition) is 2. The number of carbonyl (C=O) groups is 4. The summed E-state index contributed by atoms with van der Waals surface area (Å²) in [6.45, 7) is 3.95. The average Bonchev–Trinajstić information content (AvgIpc) is 3.78. The van der Waals surface area contributed by atoms with Crippen LogP contribution in [0.1, 0.15) is 99.0 Å². The standard InChI is InChI=1S/C41H46ClN5O7/c1-4-6-20-53-35(49)25-54-34(48)17-14-26-12-15-30(22-33(26)52-5-2)45-40(51)41(18-9-19-41)46-39(50)28-13-16-31-32(21-28)47(3)37(36(31)27-10-7-8-11-27)38-43-23-29(42)24-44-38/h12-17,21-24,27H,4-11,18-20,25H2,1-3H3,(H,45,51)(H,46,50)/b17-14+. The first-order valence-corrected chi connectivity index (χ1v) is 19.0. The van der Waals surface area contributed by atoms with Crippen molar-refractivity contribution in [1.29, 1.82) is 0 Å². The zero-order valence-corrected chi connectivity index (χ0v) is 31.7. The molecule has 12 nitrogen and oxygen atoms in total. The van der Waals surface area contributed by atoms with E-state index in [-0.39, 0.29) is 18.4 Å². The van der Waals surface area contributed by atoms with Crippen molar-refractivity contribution in [3.05, 3.63) is 76.6 Å². The molecule has 13 heteroatoms. The minimum atomic E-state index is -1.08. The van der Waals surface area contributed by atoms with Crippen molar-refractivity contribution in [3.63, 3.8) is 0 Å². The third-order valence-electron chi connectivity index (χ3n) is 10.2. The molecule has 4 aromatic rings. The first-order valence-electron chi connectivity index (χ1n) is 18.6. The van der Waals surface area contributed by atoms with E-state index in [4.69, 9.17) is 25.8 Å². The number of anilines is 1. The third kappa shape index (κ3) is 8.59. The number of hydrogen-bond acceptors (Lipinski definition) is 9. The Kier molecular flexibility index (Phi) is 12.3. The van der Waals surface area contributed by atoms with Gasteiger partial charge in [0.15, 0.2) is 12.4 Å². The molecule has 2 aliphatic carbocycles. The van der Waals surface area contributed by atoms with Gasteiger partial charge >= 0.3 is 11.9 Å². The Morgan fingerprint density at radius 1 is 1.00 bits per heavy atom. The number of nitrogens with one attached hydrogen (secondary N) is 2. The molecule has 2 aromatic heterocycles. The molecular formula is C41H46ClN5O7. The molecule has 0 bridgehead atoms. The van der Waals surface area contributed by atoms with E-state index in [1.54, 1.807) is 30.6 Å². The van der Waals surface area contributed by atoms with Gasteiger partial charge in [-0.2, -0.15) is 0 Å². The molecule has 284 valence electrons. The number of aromatic nitrogens is 3. The summed E-state index contributed by atoms with van der Waals surface area (Å²) in [4.78, 5) is 60.7. The number of aryl methyl sites for hydroxylation is 1. The minimum Gasteiger partial charge on any atom is -0.493 e. The van der Waals surface area contributed by atoms with Crippen molar-refractivity contribution in [1.82, 2.24) is 19.9 Å². The second-order valence-corrected chi connectivity index (χ2v) is 14.2. The van der Waals surface area contributed by atoms with Crippen molar-refractivity contribution in [2.45, 2.75) is 83.1 Å². The van der Waals surface area contributed by atoms with E-state index in [1.807, 2.05) is 39.1 Å². The Bertz CT molecular complexity index is 2050. The van der Waals surface area contributed by atoms with Gasteiger partial charge in [0, 0.05) is 59.3 Å². The van der Waals surface area contributed by atoms with Crippen molar-refractivity contribution in [2.75, 3.05) is 25.1 Å². The minimum absolute atomic E-state index is 0.284. The summed E-state index contributed by atoms with van der Waals surface area (Å²) < 4.78 is 17.8. The molecule has 2 N–H and O–H groups in total. The maximum absolute atomic E-state index is 13.8. The van der Waals surface area contributed by atoms with Crippen LogP contribution in [0.3, 0.4) is 0 Å². The number of carbonyl (C=O) groups excluding carboxylic acids is 4. The Morgan fingerprint density at radius 2 is 1.76 bits per heavy atom. The summed E-state index contributed by atoms with van der Waals surface area (Å²) >= 11 is 6.12. The van der Waals surface area contributed by atoms with Gasteiger partial charge in [-0.1, -0.05) is 43.9 Å². The van der Waals surface area contributed by atoms with Crippen LogP contribution in [0.25, 0.3) is 28.5 Å². The SMILES string of the molecule is CCCCOC(=O)COC(=O)/C=C/c1ccc(NC(=O)C2(NC(=O)c3ccc4c(C5CCCC5)c(-c5ncc(Cl)cn5)n(C)c4c3)CCC2)cc1OCC. The lowest BCUT2D eigenvalue weighted by Gasteiger charge is -2.40. The van der Waals surface area contributed by atoms with E-state index in [9.17, 15) is 19.2 Å². The fourth-order valence-corrected chi connectivity index (χ4v) is 7.25. The van der Waals surface area contributed by atoms with Crippen molar-refractivity contribution in [2.24, 2.45) is 7.05 Å². The normalized spacial score (nSPS) is 15.2. The quantitative estimate of drug-likeness (QED) is 0.0713. The number of rotatable bonds is 15. The van der Waals surface area contributed by atoms with Crippen LogP contribution in [-0.2, 0) is 30.9 Å². The Balaban J connectivity index is 1.16. The van der Waals surface area contributed by atoms with Gasteiger partial charge < -0.3 is 29.4 Å². The molecular weight excluding hydrogens is 710 g/mol. The van der Waals surface area contributed by atoms with Crippen molar-refractivity contribution in [3.8, 4) is 17.3 Å². The first kappa shape index (κ1) is 38.5. The number of benzene rings is 2. The topological polar surface area (TPSA) is 151 Å². The van der Waals surface area contributed by atoms with Crippen molar-refractivity contribution >= 4 is 58.0 Å². The van der Waals surface area contributed by atoms with Gasteiger partial charge in [0.25, 0.3) is 5.91 Å². The molecule has 54 heavy (non-hydrogen) atoms. The van der Waals surface area contributed by atoms with Gasteiger partial charge in [0.05, 0.1) is 23.9 Å². The summed E-state index contributed by atoms with van der Waals surface area (Å²) in [6, 6.07) is 10.8. The van der Waals surface area contributed by atoms with Gasteiger partial charge in [0.2, 0.25) is 5.91 Å². The molecule has 0 atom stereocenters. The average molecular weight is 756 g/mol. The van der Waals surface area contributed by atoms with E-state index in [0.717, 1.165) is 61.5 Å². The molecule has 0 saturated heterocycles. The summed E-state index contributed by atoms with van der Waals surface area (Å²) in [7, 11) is 1.97. The highest BCUT2D eigenvalue weighted by molar-refractivity contribution is 6.30. The molecule has 2 saturated carbocycles. The number of ether oxygens (including phenoxy) is 3. The third-order valence-corrected chi connectivity index (χ3v) is 10.4. The molecule has 2 heterocycles. The molecule has 0 spiro atoms. The number of unbranched alkanes of at least 4 members (excludes halogenated alkanes) is 1. The molecule has 0 aliphatic heterocycles. The van der Waals surface area contributed by atoms with E-state index < -0.39 is 24.1 Å². The van der Waals surface area contributed by atoms with Gasteiger partial charge in [-0.3, -0.25) is 9.59 Å². The molecule has 2 aromatic carbocycles. The second kappa shape index (κ2) is 17.3. The van der Waals surface area contributed by atoms with Crippen LogP contribution < -0.4 is 15.4 Å². The summed E-state index contributed by atoms with van der Waals surface area (Å²) in [6.07, 6.45) is 13.8.